The van der Waals surface area contributed by atoms with Crippen molar-refractivity contribution in [3.8, 4) is 0 Å². The van der Waals surface area contributed by atoms with Gasteiger partial charge in [0.2, 0.25) is 0 Å². The third-order valence-corrected chi connectivity index (χ3v) is 6.97. The Morgan fingerprint density at radius 3 is 2.81 bits per heavy atom. The monoisotopic (exact) mass is 330 g/mol. The van der Waals surface area contributed by atoms with E-state index in [1.807, 2.05) is 16.8 Å². The lowest BCUT2D eigenvalue weighted by Crippen LogP contribution is -2.48. The van der Waals surface area contributed by atoms with Gasteiger partial charge in [-0.25, -0.2) is 0 Å². The van der Waals surface area contributed by atoms with Gasteiger partial charge in [-0.2, -0.15) is 28.4 Å². The number of hydrogen-bond acceptors (Lipinski definition) is 4. The molecule has 1 atom stereocenters. The van der Waals surface area contributed by atoms with Crippen LogP contribution in [-0.2, 0) is 16.8 Å². The Morgan fingerprint density at radius 2 is 2.19 bits per heavy atom. The van der Waals surface area contributed by atoms with Crippen LogP contribution in [0, 0.1) is 5.92 Å². The van der Waals surface area contributed by atoms with E-state index >= 15 is 0 Å². The number of nitrogens with zero attached hydrogens (tertiary/aromatic N) is 2. The van der Waals surface area contributed by atoms with Crippen molar-refractivity contribution in [1.29, 1.82) is 0 Å². The van der Waals surface area contributed by atoms with Gasteiger partial charge in [0, 0.05) is 32.3 Å². The molecule has 0 amide bonds. The molecule has 1 unspecified atom stereocenters. The van der Waals surface area contributed by atoms with E-state index in [0.29, 0.717) is 19.6 Å². The second-order valence-corrected chi connectivity index (χ2v) is 8.63. The predicted octanol–water partition coefficient (Wildman–Crippen LogP) is 1.66. The van der Waals surface area contributed by atoms with Crippen LogP contribution in [-0.4, -0.2) is 47.9 Å². The minimum Gasteiger partial charge on any atom is -0.396 e. The van der Waals surface area contributed by atoms with Crippen molar-refractivity contribution in [2.45, 2.75) is 38.3 Å². The average molecular weight is 330 g/mol. The first-order valence-corrected chi connectivity index (χ1v) is 9.84. The van der Waals surface area contributed by atoms with Gasteiger partial charge in [-0.05, 0) is 54.0 Å². The number of aliphatic hydroxyl groups is 1. The van der Waals surface area contributed by atoms with Crippen LogP contribution in [0.5, 0.6) is 0 Å². The normalized spacial score (nSPS) is 24.6. The Bertz CT molecular complexity index is 555. The molecule has 1 aromatic rings. The first-order valence-electron chi connectivity index (χ1n) is 7.50. The number of piperidine rings is 1. The molecule has 118 valence electrons. The Balaban J connectivity index is 1.77. The van der Waals surface area contributed by atoms with Crippen LogP contribution in [0.3, 0.4) is 0 Å². The molecule has 1 aliphatic carbocycles. The smallest absolute Gasteiger partial charge is 0.282 e. The van der Waals surface area contributed by atoms with Crippen molar-refractivity contribution in [3.05, 3.63) is 22.4 Å². The molecule has 7 heteroatoms. The maximum atomic E-state index is 12.9. The van der Waals surface area contributed by atoms with Gasteiger partial charge in [0.15, 0.2) is 0 Å². The summed E-state index contributed by atoms with van der Waals surface area (Å²) in [6.45, 7) is 1.56. The molecule has 0 bridgehead atoms. The molecule has 3 rings (SSSR count). The van der Waals surface area contributed by atoms with Gasteiger partial charge in [0.25, 0.3) is 10.2 Å². The van der Waals surface area contributed by atoms with Crippen molar-refractivity contribution in [1.82, 2.24) is 8.61 Å². The van der Waals surface area contributed by atoms with E-state index in [9.17, 15) is 13.5 Å². The summed E-state index contributed by atoms with van der Waals surface area (Å²) in [6.07, 6.45) is 3.67. The van der Waals surface area contributed by atoms with E-state index in [2.05, 4.69) is 0 Å². The fraction of sp³-hybridized carbons (Fsp3) is 0.714. The zero-order valence-electron chi connectivity index (χ0n) is 12.0. The molecule has 2 fully saturated rings. The van der Waals surface area contributed by atoms with Crippen LogP contribution in [0.1, 0.15) is 31.2 Å². The van der Waals surface area contributed by atoms with Gasteiger partial charge in [0.1, 0.15) is 0 Å². The maximum Gasteiger partial charge on any atom is 0.282 e. The number of hydrogen-bond donors (Lipinski definition) is 1. The molecule has 2 heterocycles. The topological polar surface area (TPSA) is 60.9 Å². The molecule has 1 saturated carbocycles. The maximum absolute atomic E-state index is 12.9. The molecule has 1 aromatic heterocycles. The van der Waals surface area contributed by atoms with Crippen LogP contribution in [0.25, 0.3) is 0 Å². The molecule has 5 nitrogen and oxygen atoms in total. The summed E-state index contributed by atoms with van der Waals surface area (Å²) in [5.41, 5.74) is 1.06. The standard InChI is InChI=1S/C14H22N2O3S2/c17-10-12-2-1-6-15(8-12)21(18,19)16(14-3-4-14)9-13-5-7-20-11-13/h5,7,11-12,14,17H,1-4,6,8-10H2. The van der Waals surface area contributed by atoms with Crippen LogP contribution < -0.4 is 0 Å². The van der Waals surface area contributed by atoms with Crippen molar-refractivity contribution in [3.63, 3.8) is 0 Å². The molecule has 0 aromatic carbocycles. The highest BCUT2D eigenvalue weighted by Gasteiger charge is 2.41. The molecule has 1 saturated heterocycles. The van der Waals surface area contributed by atoms with Gasteiger partial charge in [0.05, 0.1) is 0 Å². The molecule has 0 spiro atoms. The van der Waals surface area contributed by atoms with Gasteiger partial charge >= 0.3 is 0 Å². The van der Waals surface area contributed by atoms with Crippen molar-refractivity contribution in [2.24, 2.45) is 5.92 Å². The zero-order chi connectivity index (χ0) is 14.9. The highest BCUT2D eigenvalue weighted by Crippen LogP contribution is 2.33. The molecular weight excluding hydrogens is 308 g/mol. The average Bonchev–Trinajstić information content (AvgIpc) is 3.20. The summed E-state index contributed by atoms with van der Waals surface area (Å²) in [6, 6.07) is 2.15. The summed E-state index contributed by atoms with van der Waals surface area (Å²) >= 11 is 1.60. The van der Waals surface area contributed by atoms with Crippen LogP contribution in [0.15, 0.2) is 16.8 Å². The van der Waals surface area contributed by atoms with E-state index in [1.54, 1.807) is 19.9 Å². The second kappa shape index (κ2) is 6.34. The van der Waals surface area contributed by atoms with Gasteiger partial charge < -0.3 is 5.11 Å². The predicted molar refractivity (Wildman–Crippen MR) is 83.2 cm³/mol. The SMILES string of the molecule is O=S(=O)(N1CCCC(CO)C1)N(Cc1ccsc1)C1CC1. The lowest BCUT2D eigenvalue weighted by atomic mass is 10.0. The fourth-order valence-electron chi connectivity index (χ4n) is 2.86. The first-order chi connectivity index (χ1) is 10.1. The molecule has 21 heavy (non-hydrogen) atoms. The Labute approximate surface area is 130 Å². The molecule has 2 aliphatic rings. The Morgan fingerprint density at radius 1 is 1.38 bits per heavy atom. The van der Waals surface area contributed by atoms with Gasteiger partial charge in [-0.1, -0.05) is 0 Å². The largest absolute Gasteiger partial charge is 0.396 e. The summed E-state index contributed by atoms with van der Waals surface area (Å²) in [4.78, 5) is 0. The molecule has 1 aliphatic heterocycles. The van der Waals surface area contributed by atoms with E-state index in [1.165, 1.54) is 0 Å². The summed E-state index contributed by atoms with van der Waals surface area (Å²) in [5, 5.41) is 13.3. The molecular formula is C14H22N2O3S2. The Hall–Kier alpha value is -0.470. The van der Waals surface area contributed by atoms with E-state index in [4.69, 9.17) is 0 Å². The highest BCUT2D eigenvalue weighted by molar-refractivity contribution is 7.86. The van der Waals surface area contributed by atoms with E-state index < -0.39 is 10.2 Å². The molecule has 1 N–H and O–H groups in total. The Kier molecular flexibility index (Phi) is 4.66. The van der Waals surface area contributed by atoms with Crippen molar-refractivity contribution < 1.29 is 13.5 Å². The van der Waals surface area contributed by atoms with Crippen LogP contribution >= 0.6 is 11.3 Å². The van der Waals surface area contributed by atoms with Crippen molar-refractivity contribution >= 4 is 21.5 Å². The number of rotatable bonds is 6. The third-order valence-electron chi connectivity index (χ3n) is 4.24. The van der Waals surface area contributed by atoms with Crippen LogP contribution in [0.2, 0.25) is 0 Å². The zero-order valence-corrected chi connectivity index (χ0v) is 13.7. The molecule has 0 radical (unpaired) electrons. The minimum atomic E-state index is -3.42. The quantitative estimate of drug-likeness (QED) is 0.863. The van der Waals surface area contributed by atoms with E-state index in [0.717, 1.165) is 31.2 Å². The number of thiophene rings is 1. The third kappa shape index (κ3) is 3.48. The summed E-state index contributed by atoms with van der Waals surface area (Å²) < 4.78 is 29.1. The highest BCUT2D eigenvalue weighted by atomic mass is 32.2. The van der Waals surface area contributed by atoms with Crippen molar-refractivity contribution in [2.75, 3.05) is 19.7 Å². The lowest BCUT2D eigenvalue weighted by Gasteiger charge is -2.35. The number of aliphatic hydroxyl groups excluding tert-OH is 1. The summed E-state index contributed by atoms with van der Waals surface area (Å²) in [5.74, 6) is 0.0794. The lowest BCUT2D eigenvalue weighted by molar-refractivity contribution is 0.160. The van der Waals surface area contributed by atoms with Gasteiger partial charge in [-0.15, -0.1) is 0 Å². The first kappa shape index (κ1) is 15.4. The van der Waals surface area contributed by atoms with Gasteiger partial charge in [-0.3, -0.25) is 0 Å². The summed E-state index contributed by atoms with van der Waals surface area (Å²) in [7, 11) is -3.42. The fourth-order valence-corrected chi connectivity index (χ4v) is 5.47. The van der Waals surface area contributed by atoms with E-state index in [-0.39, 0.29) is 18.6 Å². The second-order valence-electron chi connectivity index (χ2n) is 5.96. The van der Waals surface area contributed by atoms with Crippen LogP contribution in [0.4, 0.5) is 0 Å². The minimum absolute atomic E-state index is 0.0694.